The number of alkyl halides is 3. The molecule has 0 aliphatic heterocycles. The molecule has 0 bridgehead atoms. The maximum Gasteiger partial charge on any atom is 0.416 e. The van der Waals surface area contributed by atoms with Crippen LogP contribution >= 0.6 is 23.2 Å². The highest BCUT2D eigenvalue weighted by molar-refractivity contribution is 6.33. The summed E-state index contributed by atoms with van der Waals surface area (Å²) in [6.07, 6.45) is -4.46. The Morgan fingerprint density at radius 1 is 0.939 bits per heavy atom. The molecule has 0 aliphatic carbocycles. The van der Waals surface area contributed by atoms with Gasteiger partial charge >= 0.3 is 6.18 Å². The topological polar surface area (TPSA) is 46.9 Å². The predicted molar refractivity (Wildman–Crippen MR) is 122 cm³/mol. The molecule has 0 fully saturated rings. The van der Waals surface area contributed by atoms with Crippen LogP contribution in [0.2, 0.25) is 10.0 Å². The zero-order valence-electron chi connectivity index (χ0n) is 16.9. The second-order valence-corrected chi connectivity index (χ2v) is 8.01. The minimum Gasteiger partial charge on any atom is -0.347 e. The molecule has 4 rings (SSSR count). The lowest BCUT2D eigenvalue weighted by Gasteiger charge is -2.11. The number of hydrogen-bond acceptors (Lipinski definition) is 2. The Kier molecular flexibility index (Phi) is 6.44. The lowest BCUT2D eigenvalue weighted by atomic mass is 10.1. The van der Waals surface area contributed by atoms with Crippen molar-refractivity contribution in [1.29, 1.82) is 0 Å². The molecule has 0 unspecified atom stereocenters. The van der Waals surface area contributed by atoms with E-state index in [4.69, 9.17) is 23.2 Å². The average Bonchev–Trinajstić information content (AvgIpc) is 3.23. The van der Waals surface area contributed by atoms with Crippen molar-refractivity contribution in [1.82, 2.24) is 15.1 Å². The molecule has 1 amide bonds. The van der Waals surface area contributed by atoms with Crippen molar-refractivity contribution in [3.8, 4) is 16.9 Å². The van der Waals surface area contributed by atoms with Crippen LogP contribution in [0.1, 0.15) is 21.6 Å². The Bertz CT molecular complexity index is 1300. The Balaban J connectivity index is 1.66. The van der Waals surface area contributed by atoms with E-state index in [0.29, 0.717) is 32.6 Å². The van der Waals surface area contributed by atoms with E-state index >= 15 is 0 Å². The minimum absolute atomic E-state index is 0.0873. The third-order valence-corrected chi connectivity index (χ3v) is 5.45. The molecule has 0 atom stereocenters. The van der Waals surface area contributed by atoms with E-state index in [0.717, 1.165) is 12.1 Å². The van der Waals surface area contributed by atoms with Crippen LogP contribution in [-0.4, -0.2) is 15.7 Å². The molecule has 0 saturated carbocycles. The molecule has 1 aromatic heterocycles. The lowest BCUT2D eigenvalue weighted by molar-refractivity contribution is -0.137. The van der Waals surface area contributed by atoms with Gasteiger partial charge < -0.3 is 5.32 Å². The highest BCUT2D eigenvalue weighted by Crippen LogP contribution is 2.30. The number of nitrogens with one attached hydrogen (secondary N) is 1. The van der Waals surface area contributed by atoms with Crippen LogP contribution in [0.15, 0.2) is 78.9 Å². The number of aromatic nitrogens is 2. The molecule has 0 radical (unpaired) electrons. The molecule has 33 heavy (non-hydrogen) atoms. The maximum absolute atomic E-state index is 13.0. The van der Waals surface area contributed by atoms with E-state index in [1.54, 1.807) is 54.6 Å². The van der Waals surface area contributed by atoms with Crippen molar-refractivity contribution in [3.05, 3.63) is 106 Å². The fourth-order valence-corrected chi connectivity index (χ4v) is 3.61. The number of amides is 1. The summed E-state index contributed by atoms with van der Waals surface area (Å²) in [6.45, 7) is -0.0873. The first-order valence-corrected chi connectivity index (χ1v) is 10.5. The van der Waals surface area contributed by atoms with E-state index in [-0.39, 0.29) is 12.2 Å². The van der Waals surface area contributed by atoms with Gasteiger partial charge in [0.25, 0.3) is 5.91 Å². The van der Waals surface area contributed by atoms with Crippen LogP contribution in [0.4, 0.5) is 13.2 Å². The van der Waals surface area contributed by atoms with Crippen molar-refractivity contribution in [3.63, 3.8) is 0 Å². The molecule has 1 heterocycles. The molecule has 0 spiro atoms. The van der Waals surface area contributed by atoms with Crippen LogP contribution in [0.5, 0.6) is 0 Å². The quantitative estimate of drug-likeness (QED) is 0.335. The van der Waals surface area contributed by atoms with Gasteiger partial charge in [0.2, 0.25) is 0 Å². The number of nitrogens with zero attached hydrogens (tertiary/aromatic N) is 2. The van der Waals surface area contributed by atoms with Crippen LogP contribution in [0.3, 0.4) is 0 Å². The molecule has 1 N–H and O–H groups in total. The van der Waals surface area contributed by atoms with Gasteiger partial charge in [0.05, 0.1) is 22.0 Å². The monoisotopic (exact) mass is 489 g/mol. The standard InChI is InChI=1S/C24H16Cl2F3N3O/c25-17-8-10-18(11-9-17)32-22(13-21(31-32)19-6-1-2-7-20(19)26)23(33)30-14-15-4-3-5-16(12-15)24(27,28)29/h1-13H,14H2,(H,30,33). The van der Waals surface area contributed by atoms with E-state index < -0.39 is 17.6 Å². The minimum atomic E-state index is -4.46. The zero-order chi connectivity index (χ0) is 23.6. The Labute approximate surface area is 197 Å². The third-order valence-electron chi connectivity index (χ3n) is 4.87. The van der Waals surface area contributed by atoms with Crippen molar-refractivity contribution < 1.29 is 18.0 Å². The van der Waals surface area contributed by atoms with Gasteiger partial charge in [0, 0.05) is 17.1 Å². The summed E-state index contributed by atoms with van der Waals surface area (Å²) in [5.41, 5.74) is 1.43. The van der Waals surface area contributed by atoms with Crippen LogP contribution < -0.4 is 5.32 Å². The van der Waals surface area contributed by atoms with Gasteiger partial charge in [-0.2, -0.15) is 18.3 Å². The number of halogens is 5. The van der Waals surface area contributed by atoms with E-state index in [1.165, 1.54) is 16.8 Å². The van der Waals surface area contributed by atoms with Gasteiger partial charge in [-0.05, 0) is 54.1 Å². The second-order valence-electron chi connectivity index (χ2n) is 7.16. The van der Waals surface area contributed by atoms with Crippen LogP contribution in [0, 0.1) is 0 Å². The molecule has 0 aliphatic rings. The fraction of sp³-hybridized carbons (Fsp3) is 0.0833. The van der Waals surface area contributed by atoms with Crippen molar-refractivity contribution in [2.75, 3.05) is 0 Å². The van der Waals surface area contributed by atoms with Gasteiger partial charge in [-0.1, -0.05) is 53.5 Å². The highest BCUT2D eigenvalue weighted by atomic mass is 35.5. The van der Waals surface area contributed by atoms with Crippen molar-refractivity contribution in [2.24, 2.45) is 0 Å². The first-order chi connectivity index (χ1) is 15.7. The summed E-state index contributed by atoms with van der Waals surface area (Å²) in [5, 5.41) is 8.20. The van der Waals surface area contributed by atoms with E-state index in [2.05, 4.69) is 10.4 Å². The van der Waals surface area contributed by atoms with E-state index in [1.807, 2.05) is 0 Å². The summed E-state index contributed by atoms with van der Waals surface area (Å²) in [7, 11) is 0. The summed E-state index contributed by atoms with van der Waals surface area (Å²) >= 11 is 12.3. The summed E-state index contributed by atoms with van der Waals surface area (Å²) < 4.78 is 40.4. The fourth-order valence-electron chi connectivity index (χ4n) is 3.25. The largest absolute Gasteiger partial charge is 0.416 e. The van der Waals surface area contributed by atoms with Crippen molar-refractivity contribution in [2.45, 2.75) is 12.7 Å². The lowest BCUT2D eigenvalue weighted by Crippen LogP contribution is -2.25. The predicted octanol–water partition coefficient (Wildman–Crippen LogP) is 6.79. The molecule has 168 valence electrons. The number of carbonyl (C=O) groups excluding carboxylic acids is 1. The highest BCUT2D eigenvalue weighted by Gasteiger charge is 2.30. The number of carbonyl (C=O) groups is 1. The van der Waals surface area contributed by atoms with Gasteiger partial charge in [0.1, 0.15) is 5.69 Å². The number of rotatable bonds is 5. The Morgan fingerprint density at radius 3 is 2.36 bits per heavy atom. The number of benzene rings is 3. The van der Waals surface area contributed by atoms with Crippen molar-refractivity contribution >= 4 is 29.1 Å². The average molecular weight is 490 g/mol. The van der Waals surface area contributed by atoms with Crippen LogP contribution in [0.25, 0.3) is 16.9 Å². The molecule has 9 heteroatoms. The Morgan fingerprint density at radius 2 is 1.67 bits per heavy atom. The van der Waals surface area contributed by atoms with Gasteiger partial charge in [-0.3, -0.25) is 4.79 Å². The molecule has 0 saturated heterocycles. The molecular weight excluding hydrogens is 474 g/mol. The van der Waals surface area contributed by atoms with Gasteiger partial charge in [-0.15, -0.1) is 0 Å². The first-order valence-electron chi connectivity index (χ1n) is 9.77. The molecule has 3 aromatic carbocycles. The zero-order valence-corrected chi connectivity index (χ0v) is 18.4. The smallest absolute Gasteiger partial charge is 0.347 e. The molecule has 4 nitrogen and oxygen atoms in total. The maximum atomic E-state index is 13.0. The summed E-state index contributed by atoms with van der Waals surface area (Å²) in [4.78, 5) is 13.0. The van der Waals surface area contributed by atoms with E-state index in [9.17, 15) is 18.0 Å². The third kappa shape index (κ3) is 5.21. The summed E-state index contributed by atoms with van der Waals surface area (Å²) in [6, 6.07) is 20.2. The molecular formula is C24H16Cl2F3N3O. The SMILES string of the molecule is O=C(NCc1cccc(C(F)(F)F)c1)c1cc(-c2ccccc2Cl)nn1-c1ccc(Cl)cc1. The Hall–Kier alpha value is -3.29. The normalized spacial score (nSPS) is 11.4. The van der Waals surface area contributed by atoms with Gasteiger partial charge in [-0.25, -0.2) is 4.68 Å². The van der Waals surface area contributed by atoms with Gasteiger partial charge in [0.15, 0.2) is 0 Å². The summed E-state index contributed by atoms with van der Waals surface area (Å²) in [5.74, 6) is -0.506. The molecule has 4 aromatic rings. The first kappa shape index (κ1) is 22.9. The van der Waals surface area contributed by atoms with Crippen LogP contribution in [-0.2, 0) is 12.7 Å². The second kappa shape index (κ2) is 9.29. The number of hydrogen-bond donors (Lipinski definition) is 1.